The lowest BCUT2D eigenvalue weighted by atomic mass is 9.96. The van der Waals surface area contributed by atoms with Crippen LogP contribution in [0.3, 0.4) is 0 Å². The number of carbonyl (C=O) groups excluding carboxylic acids is 1. The van der Waals surface area contributed by atoms with Crippen LogP contribution in [-0.4, -0.2) is 19.1 Å². The van der Waals surface area contributed by atoms with Gasteiger partial charge in [-0.25, -0.2) is 0 Å². The van der Waals surface area contributed by atoms with E-state index in [1.54, 1.807) is 13.2 Å². The number of benzene rings is 2. The first kappa shape index (κ1) is 19.8. The Balaban J connectivity index is 2.09. The molecule has 0 aliphatic heterocycles. The first-order chi connectivity index (χ1) is 12.5. The normalized spacial score (nSPS) is 13.1. The molecular weight excluding hydrogens is 326 g/mol. The van der Waals surface area contributed by atoms with E-state index < -0.39 is 6.10 Å². The molecule has 2 unspecified atom stereocenters. The number of hydrogen-bond acceptors (Lipinski definition) is 3. The maximum Gasteiger partial charge on any atom is 0.261 e. The maximum absolute atomic E-state index is 12.8. The number of ether oxygens (including phenoxy) is 2. The van der Waals surface area contributed by atoms with Gasteiger partial charge >= 0.3 is 0 Å². The minimum absolute atomic E-state index is 0.0216. The minimum Gasteiger partial charge on any atom is -0.497 e. The highest BCUT2D eigenvalue weighted by atomic mass is 16.5. The van der Waals surface area contributed by atoms with Gasteiger partial charge in [0.25, 0.3) is 5.91 Å². The van der Waals surface area contributed by atoms with Gasteiger partial charge in [-0.15, -0.1) is 0 Å². The fourth-order valence-electron chi connectivity index (χ4n) is 2.86. The summed E-state index contributed by atoms with van der Waals surface area (Å²) in [6.07, 6.45) is 0.929. The fourth-order valence-corrected chi connectivity index (χ4v) is 2.86. The van der Waals surface area contributed by atoms with Crippen LogP contribution in [0.25, 0.3) is 0 Å². The van der Waals surface area contributed by atoms with Gasteiger partial charge in [-0.2, -0.15) is 0 Å². The first-order valence-corrected chi connectivity index (χ1v) is 9.19. The summed E-state index contributed by atoms with van der Waals surface area (Å²) < 4.78 is 11.1. The van der Waals surface area contributed by atoms with Crippen LogP contribution in [0.4, 0.5) is 0 Å². The molecule has 4 heteroatoms. The van der Waals surface area contributed by atoms with Crippen LogP contribution in [0.1, 0.15) is 45.2 Å². The Bertz CT molecular complexity index is 685. The third-order valence-corrected chi connectivity index (χ3v) is 4.21. The molecule has 0 bridgehead atoms. The molecule has 1 N–H and O–H groups in total. The summed E-state index contributed by atoms with van der Waals surface area (Å²) in [4.78, 5) is 12.8. The second kappa shape index (κ2) is 9.85. The molecule has 140 valence electrons. The highest BCUT2D eigenvalue weighted by molar-refractivity contribution is 5.81. The molecule has 26 heavy (non-hydrogen) atoms. The molecule has 4 nitrogen and oxygen atoms in total. The predicted molar refractivity (Wildman–Crippen MR) is 104 cm³/mol. The maximum atomic E-state index is 12.8. The van der Waals surface area contributed by atoms with Gasteiger partial charge in [0, 0.05) is 6.07 Å². The Morgan fingerprint density at radius 3 is 2.35 bits per heavy atom. The van der Waals surface area contributed by atoms with Gasteiger partial charge in [0.2, 0.25) is 0 Å². The van der Waals surface area contributed by atoms with Crippen molar-refractivity contribution in [3.05, 3.63) is 60.2 Å². The topological polar surface area (TPSA) is 47.6 Å². The van der Waals surface area contributed by atoms with E-state index in [0.29, 0.717) is 23.8 Å². The number of carbonyl (C=O) groups is 1. The van der Waals surface area contributed by atoms with E-state index in [2.05, 4.69) is 31.3 Å². The molecule has 1 amide bonds. The van der Waals surface area contributed by atoms with Crippen LogP contribution < -0.4 is 14.8 Å². The largest absolute Gasteiger partial charge is 0.497 e. The third kappa shape index (κ3) is 5.80. The zero-order chi connectivity index (χ0) is 18.9. The Morgan fingerprint density at radius 2 is 1.73 bits per heavy atom. The van der Waals surface area contributed by atoms with Crippen LogP contribution in [-0.2, 0) is 4.79 Å². The molecule has 2 atom stereocenters. The van der Waals surface area contributed by atoms with Crippen LogP contribution in [0, 0.1) is 5.92 Å². The zero-order valence-corrected chi connectivity index (χ0v) is 16.1. The monoisotopic (exact) mass is 355 g/mol. The Hall–Kier alpha value is -2.49. The molecule has 0 heterocycles. The summed E-state index contributed by atoms with van der Waals surface area (Å²) in [5.74, 6) is 1.72. The van der Waals surface area contributed by atoms with Gasteiger partial charge in [0.1, 0.15) is 11.5 Å². The van der Waals surface area contributed by atoms with E-state index in [1.165, 1.54) is 0 Å². The van der Waals surface area contributed by atoms with Crippen LogP contribution >= 0.6 is 0 Å². The Kier molecular flexibility index (Phi) is 7.52. The van der Waals surface area contributed by atoms with Crippen molar-refractivity contribution in [2.24, 2.45) is 5.92 Å². The van der Waals surface area contributed by atoms with Crippen LogP contribution in [0.15, 0.2) is 54.6 Å². The quantitative estimate of drug-likeness (QED) is 0.706. The molecule has 0 aliphatic rings. The minimum atomic E-state index is -0.541. The van der Waals surface area contributed by atoms with Gasteiger partial charge in [-0.3, -0.25) is 4.79 Å². The number of amides is 1. The highest BCUT2D eigenvalue weighted by Gasteiger charge is 2.23. The second-order valence-corrected chi connectivity index (χ2v) is 6.80. The SMILES string of the molecule is CCC(Oc1cccc(OC)c1)C(=O)NC(CC(C)C)c1ccccc1. The van der Waals surface area contributed by atoms with Crippen LogP contribution in [0.5, 0.6) is 11.5 Å². The van der Waals surface area contributed by atoms with Crippen molar-refractivity contribution in [3.63, 3.8) is 0 Å². The lowest BCUT2D eigenvalue weighted by Gasteiger charge is -2.24. The van der Waals surface area contributed by atoms with E-state index >= 15 is 0 Å². The van der Waals surface area contributed by atoms with Crippen molar-refractivity contribution in [2.45, 2.75) is 45.8 Å². The summed E-state index contributed by atoms with van der Waals surface area (Å²) in [6.45, 7) is 6.27. The van der Waals surface area contributed by atoms with Gasteiger partial charge in [0.15, 0.2) is 6.10 Å². The molecule has 0 saturated heterocycles. The summed E-state index contributed by atoms with van der Waals surface area (Å²) in [6, 6.07) is 17.4. The van der Waals surface area contributed by atoms with E-state index in [0.717, 1.165) is 12.0 Å². The number of nitrogens with one attached hydrogen (secondary N) is 1. The number of methoxy groups -OCH3 is 1. The van der Waals surface area contributed by atoms with E-state index in [-0.39, 0.29) is 11.9 Å². The highest BCUT2D eigenvalue weighted by Crippen LogP contribution is 2.23. The first-order valence-electron chi connectivity index (χ1n) is 9.19. The Labute approximate surface area is 156 Å². The zero-order valence-electron chi connectivity index (χ0n) is 16.1. The van der Waals surface area contributed by atoms with Gasteiger partial charge in [-0.05, 0) is 36.5 Å². The lowest BCUT2D eigenvalue weighted by molar-refractivity contribution is -0.129. The van der Waals surface area contributed by atoms with Crippen molar-refractivity contribution < 1.29 is 14.3 Å². The van der Waals surface area contributed by atoms with Crippen molar-refractivity contribution >= 4 is 5.91 Å². The summed E-state index contributed by atoms with van der Waals surface area (Å²) in [5, 5.41) is 3.17. The van der Waals surface area contributed by atoms with E-state index in [1.807, 2.05) is 43.3 Å². The molecule has 0 aromatic heterocycles. The van der Waals surface area contributed by atoms with Crippen molar-refractivity contribution in [1.29, 1.82) is 0 Å². The Morgan fingerprint density at radius 1 is 1.04 bits per heavy atom. The summed E-state index contributed by atoms with van der Waals surface area (Å²) in [7, 11) is 1.61. The average Bonchev–Trinajstić information content (AvgIpc) is 2.66. The average molecular weight is 355 g/mol. The van der Waals surface area contributed by atoms with Gasteiger partial charge in [0.05, 0.1) is 13.2 Å². The standard InChI is InChI=1S/C22H29NO3/c1-5-21(26-19-13-9-12-18(15-19)25-4)22(24)23-20(14-16(2)3)17-10-7-6-8-11-17/h6-13,15-16,20-21H,5,14H2,1-4H3,(H,23,24). The van der Waals surface area contributed by atoms with E-state index in [4.69, 9.17) is 9.47 Å². The molecule has 0 fully saturated rings. The predicted octanol–water partition coefficient (Wildman–Crippen LogP) is 4.76. The third-order valence-electron chi connectivity index (χ3n) is 4.21. The second-order valence-electron chi connectivity index (χ2n) is 6.80. The molecule has 0 aliphatic carbocycles. The summed E-state index contributed by atoms with van der Waals surface area (Å²) >= 11 is 0. The number of hydrogen-bond donors (Lipinski definition) is 1. The lowest BCUT2D eigenvalue weighted by Crippen LogP contribution is -2.40. The van der Waals surface area contributed by atoms with E-state index in [9.17, 15) is 4.79 Å². The van der Waals surface area contributed by atoms with Crippen molar-refractivity contribution in [3.8, 4) is 11.5 Å². The van der Waals surface area contributed by atoms with Crippen molar-refractivity contribution in [1.82, 2.24) is 5.32 Å². The molecule has 0 radical (unpaired) electrons. The van der Waals surface area contributed by atoms with Crippen molar-refractivity contribution in [2.75, 3.05) is 7.11 Å². The molecule has 2 rings (SSSR count). The number of rotatable bonds is 9. The molecule has 2 aromatic rings. The summed E-state index contributed by atoms with van der Waals surface area (Å²) in [5.41, 5.74) is 1.12. The molecule has 0 spiro atoms. The van der Waals surface area contributed by atoms with Crippen LogP contribution in [0.2, 0.25) is 0 Å². The van der Waals surface area contributed by atoms with Gasteiger partial charge < -0.3 is 14.8 Å². The smallest absolute Gasteiger partial charge is 0.261 e. The molecule has 2 aromatic carbocycles. The fraction of sp³-hybridized carbons (Fsp3) is 0.409. The van der Waals surface area contributed by atoms with Gasteiger partial charge in [-0.1, -0.05) is 57.2 Å². The molecule has 0 saturated carbocycles. The molecular formula is C22H29NO3.